The number of benzene rings is 2. The maximum Gasteiger partial charge on any atom is 0.331 e. The lowest BCUT2D eigenvalue weighted by molar-refractivity contribution is -0.132. The average Bonchev–Trinajstić information content (AvgIpc) is 3.27. The van der Waals surface area contributed by atoms with Crippen molar-refractivity contribution in [3.63, 3.8) is 0 Å². The Morgan fingerprint density at radius 2 is 1.84 bits per heavy atom. The number of anilines is 1. The summed E-state index contributed by atoms with van der Waals surface area (Å²) < 4.78 is 50.2. The third-order valence-corrected chi connectivity index (χ3v) is 6.23. The molecule has 0 aliphatic carbocycles. The molecule has 37 heavy (non-hydrogen) atoms. The Labute approximate surface area is 216 Å². The summed E-state index contributed by atoms with van der Waals surface area (Å²) in [5.74, 6) is -4.82. The molecule has 2 aromatic carbocycles. The number of ether oxygens (including phenoxy) is 1. The van der Waals surface area contributed by atoms with Crippen LogP contribution in [-0.4, -0.2) is 28.6 Å². The molecule has 3 rings (SSSR count). The van der Waals surface area contributed by atoms with Gasteiger partial charge in [0.15, 0.2) is 5.13 Å². The summed E-state index contributed by atoms with van der Waals surface area (Å²) in [5, 5.41) is 13.1. The van der Waals surface area contributed by atoms with Crippen molar-refractivity contribution in [3.8, 4) is 11.3 Å². The van der Waals surface area contributed by atoms with Crippen LogP contribution in [0.25, 0.3) is 17.3 Å². The number of amides is 1. The molecule has 0 bridgehead atoms. The predicted molar refractivity (Wildman–Crippen MR) is 137 cm³/mol. The fourth-order valence-corrected chi connectivity index (χ4v) is 4.38. The smallest absolute Gasteiger partial charge is 0.331 e. The quantitative estimate of drug-likeness (QED) is 0.302. The molecule has 2 N–H and O–H groups in total. The van der Waals surface area contributed by atoms with E-state index in [9.17, 15) is 18.4 Å². The molecule has 10 heteroatoms. The molecule has 0 aliphatic rings. The summed E-state index contributed by atoms with van der Waals surface area (Å²) in [4.78, 5) is 27.8. The van der Waals surface area contributed by atoms with E-state index in [1.165, 1.54) is 6.92 Å². The Balaban J connectivity index is 1.86. The Morgan fingerprint density at radius 3 is 2.41 bits per heavy atom. The molecular weight excluding hydrogens is 505 g/mol. The second-order valence-corrected chi connectivity index (χ2v) is 10.2. The summed E-state index contributed by atoms with van der Waals surface area (Å²) in [5.41, 5.74) is -0.617. The molecular formula is C27H27F3N2O4S. The first-order valence-corrected chi connectivity index (χ1v) is 12.3. The molecule has 1 aromatic heterocycles. The highest BCUT2D eigenvalue weighted by atomic mass is 32.1. The van der Waals surface area contributed by atoms with Crippen LogP contribution in [-0.2, 0) is 9.53 Å². The Morgan fingerprint density at radius 1 is 1.19 bits per heavy atom. The Kier molecular flexibility index (Phi) is 8.55. The number of nitrogens with one attached hydrogen (secondary N) is 1. The monoisotopic (exact) mass is 532 g/mol. The first-order valence-electron chi connectivity index (χ1n) is 11.4. The third kappa shape index (κ3) is 6.44. The number of hydrogen-bond donors (Lipinski definition) is 2. The van der Waals surface area contributed by atoms with Gasteiger partial charge in [0.05, 0.1) is 11.8 Å². The Hall–Kier alpha value is -3.50. The largest absolute Gasteiger partial charge is 0.478 e. The molecule has 6 nitrogen and oxygen atoms in total. The van der Waals surface area contributed by atoms with Gasteiger partial charge in [-0.3, -0.25) is 10.1 Å². The van der Waals surface area contributed by atoms with Crippen LogP contribution in [0.1, 0.15) is 62.2 Å². The fraction of sp³-hybridized carbons (Fsp3) is 0.296. The highest BCUT2D eigenvalue weighted by Crippen LogP contribution is 2.39. The lowest BCUT2D eigenvalue weighted by atomic mass is 9.83. The maximum absolute atomic E-state index is 15.5. The van der Waals surface area contributed by atoms with Crippen LogP contribution >= 0.6 is 11.3 Å². The van der Waals surface area contributed by atoms with Crippen LogP contribution in [0.3, 0.4) is 0 Å². The van der Waals surface area contributed by atoms with Crippen molar-refractivity contribution >= 4 is 34.4 Å². The zero-order valence-electron chi connectivity index (χ0n) is 21.0. The van der Waals surface area contributed by atoms with Crippen molar-refractivity contribution < 1.29 is 32.6 Å². The normalized spacial score (nSPS) is 12.9. The number of rotatable bonds is 8. The van der Waals surface area contributed by atoms with E-state index < -0.39 is 41.0 Å². The van der Waals surface area contributed by atoms with Gasteiger partial charge >= 0.3 is 5.97 Å². The summed E-state index contributed by atoms with van der Waals surface area (Å²) in [7, 11) is 0. The third-order valence-electron chi connectivity index (χ3n) is 5.47. The van der Waals surface area contributed by atoms with Gasteiger partial charge in [-0.1, -0.05) is 32.9 Å². The molecule has 0 fully saturated rings. The number of carbonyl (C=O) groups excluding carboxylic acids is 1. The zero-order chi connectivity index (χ0) is 27.5. The number of hydrogen-bond acceptors (Lipinski definition) is 5. The van der Waals surface area contributed by atoms with E-state index in [1.807, 2.05) is 27.7 Å². The standard InChI is InChI=1S/C27H27F3N2O4S/c1-6-36-23(27(3,4)5)17-9-7-8-16(22(17)30)21-13-37-26(31-21)32-24(33)15-11-19(28)18(20(29)12-15)10-14(2)25(34)35/h7-13,23H,6H2,1-5H3,(H,34,35)(H,31,32,33). The molecule has 1 amide bonds. The minimum atomic E-state index is -1.33. The van der Waals surface area contributed by atoms with Crippen molar-refractivity contribution in [1.82, 2.24) is 4.98 Å². The van der Waals surface area contributed by atoms with Gasteiger partial charge in [0.25, 0.3) is 5.91 Å². The lowest BCUT2D eigenvalue weighted by Gasteiger charge is -2.31. The van der Waals surface area contributed by atoms with E-state index >= 15 is 4.39 Å². The molecule has 3 aromatic rings. The van der Waals surface area contributed by atoms with E-state index in [4.69, 9.17) is 9.84 Å². The summed E-state index contributed by atoms with van der Waals surface area (Å²) in [6, 6.07) is 6.55. The van der Waals surface area contributed by atoms with E-state index in [0.29, 0.717) is 12.2 Å². The van der Waals surface area contributed by atoms with Crippen LogP contribution in [0.5, 0.6) is 0 Å². The summed E-state index contributed by atoms with van der Waals surface area (Å²) in [6.45, 7) is 9.32. The van der Waals surface area contributed by atoms with E-state index in [0.717, 1.165) is 29.5 Å². The fourth-order valence-electron chi connectivity index (χ4n) is 3.68. The highest BCUT2D eigenvalue weighted by molar-refractivity contribution is 7.14. The maximum atomic E-state index is 15.5. The topological polar surface area (TPSA) is 88.5 Å². The van der Waals surface area contributed by atoms with Crippen molar-refractivity contribution in [2.24, 2.45) is 5.41 Å². The second-order valence-electron chi connectivity index (χ2n) is 9.39. The van der Waals surface area contributed by atoms with Gasteiger partial charge in [0.1, 0.15) is 17.5 Å². The number of carboxylic acids is 1. The van der Waals surface area contributed by atoms with Gasteiger partial charge in [0, 0.05) is 39.8 Å². The molecule has 1 unspecified atom stereocenters. The first-order chi connectivity index (χ1) is 17.3. The number of halogens is 3. The summed E-state index contributed by atoms with van der Waals surface area (Å²) >= 11 is 1.03. The molecule has 0 saturated carbocycles. The van der Waals surface area contributed by atoms with Crippen LogP contribution in [0.15, 0.2) is 41.3 Å². The number of nitrogens with zero attached hydrogens (tertiary/aromatic N) is 1. The molecule has 196 valence electrons. The molecule has 0 spiro atoms. The van der Waals surface area contributed by atoms with Crippen LogP contribution in [0.2, 0.25) is 0 Å². The van der Waals surface area contributed by atoms with Crippen molar-refractivity contribution in [3.05, 3.63) is 75.4 Å². The van der Waals surface area contributed by atoms with E-state index in [1.54, 1.807) is 23.6 Å². The average molecular weight is 533 g/mol. The second kappa shape index (κ2) is 11.3. The van der Waals surface area contributed by atoms with Gasteiger partial charge in [0.2, 0.25) is 0 Å². The minimum absolute atomic E-state index is 0.105. The predicted octanol–water partition coefficient (Wildman–Crippen LogP) is 7.09. The number of carboxylic acid groups (broad SMARTS) is 1. The van der Waals surface area contributed by atoms with Crippen molar-refractivity contribution in [2.45, 2.75) is 40.7 Å². The number of aliphatic carboxylic acids is 1. The van der Waals surface area contributed by atoms with Crippen molar-refractivity contribution in [2.75, 3.05) is 11.9 Å². The Bertz CT molecular complexity index is 1340. The molecule has 0 aliphatic heterocycles. The van der Waals surface area contributed by atoms with Crippen LogP contribution in [0, 0.1) is 22.9 Å². The van der Waals surface area contributed by atoms with Gasteiger partial charge < -0.3 is 9.84 Å². The van der Waals surface area contributed by atoms with Gasteiger partial charge in [-0.15, -0.1) is 11.3 Å². The zero-order valence-corrected chi connectivity index (χ0v) is 21.8. The SMILES string of the molecule is CCOC(c1cccc(-c2csc(NC(=O)c3cc(F)c(C=C(C)C(=O)O)c(F)c3)n2)c1F)C(C)(C)C. The molecule has 0 saturated heterocycles. The van der Waals surface area contributed by atoms with Gasteiger partial charge in [-0.2, -0.15) is 0 Å². The van der Waals surface area contributed by atoms with Crippen LogP contribution < -0.4 is 5.32 Å². The highest BCUT2D eigenvalue weighted by Gasteiger charge is 2.30. The molecule has 1 heterocycles. The number of thiazole rings is 1. The van der Waals surface area contributed by atoms with Gasteiger partial charge in [-0.05, 0) is 43.5 Å². The first kappa shape index (κ1) is 28.1. The molecule has 1 atom stereocenters. The van der Waals surface area contributed by atoms with E-state index in [2.05, 4.69) is 10.3 Å². The summed E-state index contributed by atoms with van der Waals surface area (Å²) in [6.07, 6.45) is 0.359. The minimum Gasteiger partial charge on any atom is -0.478 e. The lowest BCUT2D eigenvalue weighted by Crippen LogP contribution is -2.22. The van der Waals surface area contributed by atoms with E-state index in [-0.39, 0.29) is 32.9 Å². The molecule has 0 radical (unpaired) electrons. The van der Waals surface area contributed by atoms with Crippen molar-refractivity contribution in [1.29, 1.82) is 0 Å². The van der Waals surface area contributed by atoms with Gasteiger partial charge in [-0.25, -0.2) is 22.9 Å². The number of aromatic nitrogens is 1. The van der Waals surface area contributed by atoms with Crippen LogP contribution in [0.4, 0.5) is 18.3 Å². The number of carbonyl (C=O) groups is 2.